The molecule has 0 fully saturated rings. The molecule has 44 heavy (non-hydrogen) atoms. The van der Waals surface area contributed by atoms with Crippen LogP contribution in [0.25, 0.3) is 91.7 Å². The van der Waals surface area contributed by atoms with Gasteiger partial charge in [0.25, 0.3) is 0 Å². The molecule has 10 aromatic rings. The molecule has 4 heterocycles. The number of hydrogen-bond acceptors (Lipinski definition) is 3. The molecule has 3 nitrogen and oxygen atoms in total. The van der Waals surface area contributed by atoms with Crippen LogP contribution in [0, 0.1) is 0 Å². The summed E-state index contributed by atoms with van der Waals surface area (Å²) in [5.74, 6) is 0. The van der Waals surface area contributed by atoms with Crippen molar-refractivity contribution in [3.05, 3.63) is 140 Å². The molecular weight excluding hydrogens is 555 g/mol. The quantitative estimate of drug-likeness (QED) is 0.191. The Balaban J connectivity index is 1.17. The molecule has 0 saturated heterocycles. The van der Waals surface area contributed by atoms with E-state index >= 15 is 0 Å². The largest absolute Gasteiger partial charge is 0.292 e. The van der Waals surface area contributed by atoms with Gasteiger partial charge in [-0.3, -0.25) is 9.38 Å². The number of imidazole rings is 1. The summed E-state index contributed by atoms with van der Waals surface area (Å²) in [4.78, 5) is 9.96. The van der Waals surface area contributed by atoms with E-state index in [1.165, 1.54) is 47.8 Å². The first kappa shape index (κ1) is 23.9. The van der Waals surface area contributed by atoms with Crippen LogP contribution in [-0.4, -0.2) is 14.4 Å². The minimum absolute atomic E-state index is 0.966. The van der Waals surface area contributed by atoms with E-state index in [1.807, 2.05) is 23.6 Å². The zero-order chi connectivity index (χ0) is 28.8. The summed E-state index contributed by atoms with van der Waals surface area (Å²) in [6.07, 6.45) is 1.89. The molecular formula is C40H23N3S. The molecule has 0 saturated carbocycles. The summed E-state index contributed by atoms with van der Waals surface area (Å²) >= 11 is 1.86. The number of rotatable bonds is 2. The predicted molar refractivity (Wildman–Crippen MR) is 187 cm³/mol. The molecule has 0 aliphatic heterocycles. The lowest BCUT2D eigenvalue weighted by Crippen LogP contribution is -1.94. The highest BCUT2D eigenvalue weighted by atomic mass is 32.1. The van der Waals surface area contributed by atoms with Gasteiger partial charge in [-0.2, -0.15) is 0 Å². The van der Waals surface area contributed by atoms with Crippen LogP contribution < -0.4 is 0 Å². The maximum Gasteiger partial charge on any atom is 0.146 e. The molecule has 0 aliphatic rings. The second kappa shape index (κ2) is 8.96. The van der Waals surface area contributed by atoms with E-state index in [2.05, 4.69) is 132 Å². The van der Waals surface area contributed by atoms with Gasteiger partial charge in [-0.25, -0.2) is 4.98 Å². The fourth-order valence-electron chi connectivity index (χ4n) is 6.93. The third-order valence-electron chi connectivity index (χ3n) is 9.01. The van der Waals surface area contributed by atoms with Crippen molar-refractivity contribution in [1.82, 2.24) is 14.4 Å². The van der Waals surface area contributed by atoms with E-state index in [9.17, 15) is 0 Å². The lowest BCUT2D eigenvalue weighted by atomic mass is 9.96. The van der Waals surface area contributed by atoms with Crippen LogP contribution in [0.1, 0.15) is 0 Å². The SMILES string of the molecule is c1cnc2c(c1)ccc1c2c2cc(-c3ccc(-c4ccc5sc6ccccc6c5c4)cc3)ccc2n2c3ccccc3nc12. The van der Waals surface area contributed by atoms with Gasteiger partial charge in [0, 0.05) is 47.9 Å². The summed E-state index contributed by atoms with van der Waals surface area (Å²) in [5.41, 5.74) is 10.1. The summed E-state index contributed by atoms with van der Waals surface area (Å²) in [7, 11) is 0. The molecule has 0 spiro atoms. The Bertz CT molecular complexity index is 2770. The molecule has 0 amide bonds. The van der Waals surface area contributed by atoms with Crippen molar-refractivity contribution >= 4 is 80.8 Å². The maximum atomic E-state index is 5.09. The number of hydrogen-bond donors (Lipinski definition) is 0. The highest BCUT2D eigenvalue weighted by Crippen LogP contribution is 2.39. The highest BCUT2D eigenvalue weighted by Gasteiger charge is 2.17. The van der Waals surface area contributed by atoms with E-state index < -0.39 is 0 Å². The smallest absolute Gasteiger partial charge is 0.146 e. The summed E-state index contributed by atoms with van der Waals surface area (Å²) in [5, 5.41) is 7.23. The average molecular weight is 578 g/mol. The number of nitrogens with zero attached hydrogens (tertiary/aromatic N) is 3. The molecule has 4 heteroatoms. The van der Waals surface area contributed by atoms with Gasteiger partial charge in [0.15, 0.2) is 0 Å². The molecule has 0 radical (unpaired) electrons. The van der Waals surface area contributed by atoms with Crippen molar-refractivity contribution in [2.45, 2.75) is 0 Å². The zero-order valence-corrected chi connectivity index (χ0v) is 24.3. The van der Waals surface area contributed by atoms with Gasteiger partial charge >= 0.3 is 0 Å². The van der Waals surface area contributed by atoms with Gasteiger partial charge in [0.1, 0.15) is 5.65 Å². The van der Waals surface area contributed by atoms with Crippen LogP contribution in [0.5, 0.6) is 0 Å². The molecule has 0 aliphatic carbocycles. The van der Waals surface area contributed by atoms with Gasteiger partial charge in [-0.15, -0.1) is 11.3 Å². The Kier molecular flexibility index (Phi) is 4.87. The third-order valence-corrected chi connectivity index (χ3v) is 10.2. The Morgan fingerprint density at radius 2 is 1.23 bits per heavy atom. The fourth-order valence-corrected chi connectivity index (χ4v) is 8.01. The molecule has 0 N–H and O–H groups in total. The number of aromatic nitrogens is 3. The topological polar surface area (TPSA) is 30.2 Å². The van der Waals surface area contributed by atoms with Crippen LogP contribution in [0.4, 0.5) is 0 Å². The zero-order valence-electron chi connectivity index (χ0n) is 23.5. The van der Waals surface area contributed by atoms with Crippen molar-refractivity contribution in [2.24, 2.45) is 0 Å². The van der Waals surface area contributed by atoms with E-state index in [-0.39, 0.29) is 0 Å². The second-order valence-electron chi connectivity index (χ2n) is 11.4. The van der Waals surface area contributed by atoms with Crippen molar-refractivity contribution in [2.75, 3.05) is 0 Å². The van der Waals surface area contributed by atoms with Gasteiger partial charge in [-0.1, -0.05) is 78.9 Å². The van der Waals surface area contributed by atoms with Crippen LogP contribution in [0.3, 0.4) is 0 Å². The van der Waals surface area contributed by atoms with Gasteiger partial charge < -0.3 is 0 Å². The lowest BCUT2D eigenvalue weighted by molar-refractivity contribution is 1.31. The number of para-hydroxylation sites is 2. The number of fused-ring (bicyclic) bond motifs is 13. The minimum atomic E-state index is 0.966. The number of thiophene rings is 1. The third kappa shape index (κ3) is 3.37. The van der Waals surface area contributed by atoms with Crippen LogP contribution in [-0.2, 0) is 0 Å². The first-order valence-corrected chi connectivity index (χ1v) is 15.6. The Morgan fingerprint density at radius 1 is 0.500 bits per heavy atom. The normalized spacial score (nSPS) is 12.1. The second-order valence-corrected chi connectivity index (χ2v) is 12.5. The predicted octanol–water partition coefficient (Wildman–Crippen LogP) is 11.0. The molecule has 0 unspecified atom stereocenters. The van der Waals surface area contributed by atoms with Crippen molar-refractivity contribution in [1.29, 1.82) is 0 Å². The molecule has 0 bridgehead atoms. The van der Waals surface area contributed by atoms with Crippen molar-refractivity contribution in [3.8, 4) is 22.3 Å². The highest BCUT2D eigenvalue weighted by molar-refractivity contribution is 7.25. The van der Waals surface area contributed by atoms with E-state index in [0.29, 0.717) is 0 Å². The van der Waals surface area contributed by atoms with E-state index in [4.69, 9.17) is 9.97 Å². The Hall–Kier alpha value is -5.58. The standard InChI is InChI=1S/C40H23N3S/c1-4-10-36-29(7-1)31-22-28(17-20-37(31)44-36)25-13-11-24(12-14-25)27-16-19-34-32(23-27)38-30(18-15-26-6-5-21-41-39(26)38)40-42-33-8-2-3-9-35(33)43(34)40/h1-23H. The Labute approximate surface area is 256 Å². The van der Waals surface area contributed by atoms with Crippen LogP contribution >= 0.6 is 11.3 Å². The maximum absolute atomic E-state index is 5.09. The number of benzene rings is 6. The molecule has 0 atom stereocenters. The monoisotopic (exact) mass is 577 g/mol. The average Bonchev–Trinajstić information content (AvgIpc) is 3.67. The van der Waals surface area contributed by atoms with E-state index in [0.717, 1.165) is 43.9 Å². The van der Waals surface area contributed by atoms with Crippen LogP contribution in [0.15, 0.2) is 140 Å². The van der Waals surface area contributed by atoms with Gasteiger partial charge in [-0.05, 0) is 76.9 Å². The first-order chi connectivity index (χ1) is 21.8. The summed E-state index contributed by atoms with van der Waals surface area (Å²) in [6, 6.07) is 48.2. The van der Waals surface area contributed by atoms with E-state index in [1.54, 1.807) is 0 Å². The lowest BCUT2D eigenvalue weighted by Gasteiger charge is -2.13. The molecule has 6 aromatic carbocycles. The van der Waals surface area contributed by atoms with Crippen LogP contribution in [0.2, 0.25) is 0 Å². The fraction of sp³-hybridized carbons (Fsp3) is 0. The summed E-state index contributed by atoms with van der Waals surface area (Å²) < 4.78 is 4.97. The van der Waals surface area contributed by atoms with Crippen molar-refractivity contribution in [3.63, 3.8) is 0 Å². The first-order valence-electron chi connectivity index (χ1n) is 14.8. The minimum Gasteiger partial charge on any atom is -0.292 e. The van der Waals surface area contributed by atoms with Gasteiger partial charge in [0.05, 0.1) is 22.1 Å². The molecule has 204 valence electrons. The molecule has 4 aromatic heterocycles. The Morgan fingerprint density at radius 3 is 2.11 bits per heavy atom. The summed E-state index contributed by atoms with van der Waals surface area (Å²) in [6.45, 7) is 0. The van der Waals surface area contributed by atoms with Crippen molar-refractivity contribution < 1.29 is 0 Å². The molecule has 10 rings (SSSR count). The number of pyridine rings is 2. The van der Waals surface area contributed by atoms with Gasteiger partial charge in [0.2, 0.25) is 0 Å².